The number of nitrogens with zero attached hydrogens (tertiary/aromatic N) is 4. The molecule has 1 fully saturated rings. The Labute approximate surface area is 205 Å². The highest BCUT2D eigenvalue weighted by Crippen LogP contribution is 2.37. The smallest absolute Gasteiger partial charge is 0.119 e. The van der Waals surface area contributed by atoms with Crippen molar-refractivity contribution in [1.82, 2.24) is 0 Å². The van der Waals surface area contributed by atoms with Crippen molar-refractivity contribution >= 4 is 32.8 Å². The summed E-state index contributed by atoms with van der Waals surface area (Å²) in [5.41, 5.74) is 4.72. The summed E-state index contributed by atoms with van der Waals surface area (Å²) in [7, 11) is 0. The van der Waals surface area contributed by atoms with Crippen LogP contribution < -0.4 is 9.64 Å². The SMILES string of the molecule is CC#C[C@@H](CC1=NN=NC1)c1ccc(OCc2ccc3scc(N4CCCCC4C)c3c2)cc1. The molecule has 3 aromatic rings. The largest absolute Gasteiger partial charge is 0.489 e. The van der Waals surface area contributed by atoms with E-state index >= 15 is 0 Å². The maximum atomic E-state index is 6.15. The average molecular weight is 471 g/mol. The molecule has 5 nitrogen and oxygen atoms in total. The van der Waals surface area contributed by atoms with Gasteiger partial charge in [-0.05, 0) is 73.7 Å². The van der Waals surface area contributed by atoms with Crippen LogP contribution in [0.1, 0.15) is 56.6 Å². The molecule has 34 heavy (non-hydrogen) atoms. The van der Waals surface area contributed by atoms with E-state index in [2.05, 4.69) is 74.8 Å². The van der Waals surface area contributed by atoms with Crippen LogP contribution in [-0.2, 0) is 6.61 Å². The Morgan fingerprint density at radius 1 is 1.18 bits per heavy atom. The van der Waals surface area contributed by atoms with Gasteiger partial charge in [-0.2, -0.15) is 5.11 Å². The number of ether oxygens (including phenoxy) is 1. The fourth-order valence-electron chi connectivity index (χ4n) is 4.80. The van der Waals surface area contributed by atoms with Crippen molar-refractivity contribution in [1.29, 1.82) is 0 Å². The quantitative estimate of drug-likeness (QED) is 0.343. The fourth-order valence-corrected chi connectivity index (χ4v) is 5.74. The lowest BCUT2D eigenvalue weighted by molar-refractivity contribution is 0.306. The Bertz CT molecular complexity index is 1270. The summed E-state index contributed by atoms with van der Waals surface area (Å²) in [6.45, 7) is 6.51. The molecule has 0 amide bonds. The van der Waals surface area contributed by atoms with Crippen molar-refractivity contribution in [3.63, 3.8) is 0 Å². The Balaban J connectivity index is 1.26. The minimum Gasteiger partial charge on any atom is -0.489 e. The number of hydrogen-bond donors (Lipinski definition) is 0. The van der Waals surface area contributed by atoms with Crippen LogP contribution in [0.5, 0.6) is 5.75 Å². The minimum atomic E-state index is 0.0953. The molecule has 0 N–H and O–H groups in total. The molecule has 1 saturated heterocycles. The summed E-state index contributed by atoms with van der Waals surface area (Å²) in [4.78, 5) is 2.58. The number of fused-ring (bicyclic) bond motifs is 1. The zero-order valence-electron chi connectivity index (χ0n) is 19.8. The van der Waals surface area contributed by atoms with Gasteiger partial charge in [0.1, 0.15) is 18.9 Å². The van der Waals surface area contributed by atoms with Gasteiger partial charge in [0.25, 0.3) is 0 Å². The zero-order valence-corrected chi connectivity index (χ0v) is 20.6. The molecule has 0 bridgehead atoms. The van der Waals surface area contributed by atoms with E-state index in [1.165, 1.54) is 40.6 Å². The van der Waals surface area contributed by atoms with E-state index in [0.717, 1.165) is 30.0 Å². The molecule has 174 valence electrons. The highest BCUT2D eigenvalue weighted by atomic mass is 32.1. The van der Waals surface area contributed by atoms with Crippen LogP contribution in [0.25, 0.3) is 10.1 Å². The van der Waals surface area contributed by atoms with Gasteiger partial charge in [0.2, 0.25) is 0 Å². The Morgan fingerprint density at radius 2 is 2.06 bits per heavy atom. The topological polar surface area (TPSA) is 49.6 Å². The van der Waals surface area contributed by atoms with Crippen LogP contribution in [0.4, 0.5) is 5.69 Å². The predicted octanol–water partition coefficient (Wildman–Crippen LogP) is 7.18. The molecule has 6 heteroatoms. The second kappa shape index (κ2) is 10.4. The maximum Gasteiger partial charge on any atom is 0.119 e. The van der Waals surface area contributed by atoms with Gasteiger partial charge in [0.05, 0.1) is 17.3 Å². The summed E-state index contributed by atoms with van der Waals surface area (Å²) >= 11 is 1.84. The van der Waals surface area contributed by atoms with Crippen molar-refractivity contribution in [3.8, 4) is 17.6 Å². The van der Waals surface area contributed by atoms with E-state index in [1.54, 1.807) is 0 Å². The lowest BCUT2D eigenvalue weighted by atomic mass is 9.94. The summed E-state index contributed by atoms with van der Waals surface area (Å²) in [5.74, 6) is 7.30. The van der Waals surface area contributed by atoms with Gasteiger partial charge in [-0.15, -0.1) is 22.4 Å². The molecule has 3 heterocycles. The summed E-state index contributed by atoms with van der Waals surface area (Å²) < 4.78 is 7.50. The number of rotatable bonds is 7. The Morgan fingerprint density at radius 3 is 2.82 bits per heavy atom. The first-order chi connectivity index (χ1) is 16.7. The molecule has 1 unspecified atom stereocenters. The molecule has 0 spiro atoms. The van der Waals surface area contributed by atoms with Gasteiger partial charge in [-0.1, -0.05) is 24.1 Å². The number of benzene rings is 2. The third-order valence-electron chi connectivity index (χ3n) is 6.68. The van der Waals surface area contributed by atoms with Crippen LogP contribution >= 0.6 is 11.3 Å². The molecule has 0 radical (unpaired) electrons. The van der Waals surface area contributed by atoms with Crippen LogP contribution in [0.2, 0.25) is 0 Å². The van der Waals surface area contributed by atoms with Gasteiger partial charge in [0.15, 0.2) is 0 Å². The average Bonchev–Trinajstić information content (AvgIpc) is 3.53. The molecule has 0 aliphatic carbocycles. The number of anilines is 1. The van der Waals surface area contributed by atoms with Gasteiger partial charge < -0.3 is 9.64 Å². The molecule has 2 aliphatic rings. The molecule has 2 aromatic carbocycles. The highest BCUT2D eigenvalue weighted by Gasteiger charge is 2.21. The van der Waals surface area contributed by atoms with E-state index in [1.807, 2.05) is 30.4 Å². The number of thiophene rings is 1. The van der Waals surface area contributed by atoms with E-state index in [0.29, 0.717) is 19.2 Å². The van der Waals surface area contributed by atoms with E-state index in [-0.39, 0.29) is 5.92 Å². The van der Waals surface area contributed by atoms with Crippen LogP contribution in [0.3, 0.4) is 0 Å². The molecule has 2 aliphatic heterocycles. The van der Waals surface area contributed by atoms with Crippen molar-refractivity contribution < 1.29 is 4.74 Å². The Hall–Kier alpha value is -3.17. The van der Waals surface area contributed by atoms with Gasteiger partial charge in [0, 0.05) is 34.5 Å². The van der Waals surface area contributed by atoms with Crippen molar-refractivity contribution in [2.24, 2.45) is 15.4 Å². The lowest BCUT2D eigenvalue weighted by Crippen LogP contribution is -2.37. The minimum absolute atomic E-state index is 0.0953. The van der Waals surface area contributed by atoms with Crippen LogP contribution in [0, 0.1) is 11.8 Å². The molecule has 2 atom stereocenters. The predicted molar refractivity (Wildman–Crippen MR) is 141 cm³/mol. The standard InChI is InChI=1S/C28H30N4OS/c1-3-6-23(16-24-17-29-31-30-24)22-9-11-25(12-10-22)33-18-21-8-13-28-26(15-21)27(19-34-28)32-14-5-4-7-20(32)2/h8-13,15,19-20,23H,4-5,7,14,16-18H2,1-2H3/t20?,23-/m0/s1. The molecule has 0 saturated carbocycles. The number of hydrogen-bond acceptors (Lipinski definition) is 6. The second-order valence-electron chi connectivity index (χ2n) is 9.05. The highest BCUT2D eigenvalue weighted by molar-refractivity contribution is 7.17. The monoisotopic (exact) mass is 470 g/mol. The zero-order chi connectivity index (χ0) is 23.3. The normalized spacial score (nSPS) is 18.5. The van der Waals surface area contributed by atoms with Crippen molar-refractivity contribution in [3.05, 3.63) is 59.0 Å². The van der Waals surface area contributed by atoms with Gasteiger partial charge in [-0.25, -0.2) is 0 Å². The third-order valence-corrected chi connectivity index (χ3v) is 7.63. The van der Waals surface area contributed by atoms with Crippen molar-refractivity contribution in [2.75, 3.05) is 18.0 Å². The lowest BCUT2D eigenvalue weighted by Gasteiger charge is -2.35. The van der Waals surface area contributed by atoms with Gasteiger partial charge in [-0.3, -0.25) is 0 Å². The summed E-state index contributed by atoms with van der Waals surface area (Å²) in [5, 5.41) is 15.5. The van der Waals surface area contributed by atoms with E-state index in [9.17, 15) is 0 Å². The first kappa shape index (κ1) is 22.6. The van der Waals surface area contributed by atoms with Crippen LogP contribution in [-0.4, -0.2) is 24.8 Å². The summed E-state index contributed by atoms with van der Waals surface area (Å²) in [6.07, 6.45) is 4.65. The Kier molecular flexibility index (Phi) is 6.92. The summed E-state index contributed by atoms with van der Waals surface area (Å²) in [6, 6.07) is 15.6. The van der Waals surface area contributed by atoms with Gasteiger partial charge >= 0.3 is 0 Å². The van der Waals surface area contributed by atoms with Crippen LogP contribution in [0.15, 0.2) is 63.3 Å². The second-order valence-corrected chi connectivity index (χ2v) is 9.96. The van der Waals surface area contributed by atoms with E-state index < -0.39 is 0 Å². The third kappa shape index (κ3) is 5.00. The molecular formula is C28H30N4OS. The first-order valence-electron chi connectivity index (χ1n) is 12.1. The maximum absolute atomic E-state index is 6.15. The number of piperidine rings is 1. The fraction of sp³-hybridized carbons (Fsp3) is 0.393. The first-order valence-corrected chi connectivity index (χ1v) is 12.9. The van der Waals surface area contributed by atoms with Crippen molar-refractivity contribution in [2.45, 2.75) is 58.1 Å². The molecular weight excluding hydrogens is 440 g/mol. The molecule has 5 rings (SSSR count). The van der Waals surface area contributed by atoms with E-state index in [4.69, 9.17) is 4.74 Å². The molecule has 1 aromatic heterocycles.